The van der Waals surface area contributed by atoms with E-state index >= 15 is 0 Å². The number of fused-ring (bicyclic) bond motifs is 1. The molecular formula is C22H25FN4O2S. The Bertz CT molecular complexity index is 1070. The predicted molar refractivity (Wildman–Crippen MR) is 119 cm³/mol. The molecule has 0 aliphatic carbocycles. The van der Waals surface area contributed by atoms with Gasteiger partial charge in [-0.05, 0) is 43.7 Å². The van der Waals surface area contributed by atoms with Gasteiger partial charge in [-0.15, -0.1) is 0 Å². The first-order valence-corrected chi connectivity index (χ1v) is 11.0. The van der Waals surface area contributed by atoms with Crippen molar-refractivity contribution in [2.75, 3.05) is 18.8 Å². The summed E-state index contributed by atoms with van der Waals surface area (Å²) in [6, 6.07) is 13.0. The van der Waals surface area contributed by atoms with E-state index in [2.05, 4.69) is 10.3 Å². The minimum absolute atomic E-state index is 0.0854. The molecule has 6 nitrogen and oxygen atoms in total. The van der Waals surface area contributed by atoms with Crippen LogP contribution in [0.5, 0.6) is 0 Å². The van der Waals surface area contributed by atoms with Crippen LogP contribution in [-0.4, -0.2) is 34.3 Å². The fraction of sp³-hybridized carbons (Fsp3) is 0.318. The summed E-state index contributed by atoms with van der Waals surface area (Å²) in [5, 5.41) is 3.55. The number of thioether (sulfide) groups is 1. The molecule has 3 N–H and O–H groups in total. The van der Waals surface area contributed by atoms with Gasteiger partial charge in [0.15, 0.2) is 5.16 Å². The Morgan fingerprint density at radius 2 is 1.80 bits per heavy atom. The topological polar surface area (TPSA) is 90.0 Å². The van der Waals surface area contributed by atoms with E-state index in [0.717, 1.165) is 37.4 Å². The first-order valence-electron chi connectivity index (χ1n) is 9.98. The summed E-state index contributed by atoms with van der Waals surface area (Å²) in [4.78, 5) is 29.8. The van der Waals surface area contributed by atoms with Crippen molar-refractivity contribution in [3.8, 4) is 5.69 Å². The van der Waals surface area contributed by atoms with Crippen LogP contribution in [0.2, 0.25) is 0 Å². The summed E-state index contributed by atoms with van der Waals surface area (Å²) >= 11 is 1.12. The number of hydrogen-bond donors (Lipinski definition) is 2. The van der Waals surface area contributed by atoms with Gasteiger partial charge in [0.25, 0.3) is 5.56 Å². The van der Waals surface area contributed by atoms with Gasteiger partial charge in [0.05, 0.1) is 22.3 Å². The van der Waals surface area contributed by atoms with Crippen molar-refractivity contribution < 1.29 is 9.18 Å². The second-order valence-electron chi connectivity index (χ2n) is 6.85. The largest absolute Gasteiger partial charge is 0.355 e. The molecule has 0 saturated heterocycles. The smallest absolute Gasteiger partial charge is 0.266 e. The van der Waals surface area contributed by atoms with E-state index < -0.39 is 5.82 Å². The molecule has 1 heterocycles. The van der Waals surface area contributed by atoms with Gasteiger partial charge in [0.1, 0.15) is 5.82 Å². The summed E-state index contributed by atoms with van der Waals surface area (Å²) in [7, 11) is 0. The normalized spacial score (nSPS) is 11.0. The highest BCUT2D eigenvalue weighted by molar-refractivity contribution is 7.99. The molecule has 1 amide bonds. The number of nitrogens with zero attached hydrogens (tertiary/aromatic N) is 2. The molecule has 0 saturated carbocycles. The van der Waals surface area contributed by atoms with Crippen molar-refractivity contribution in [1.29, 1.82) is 0 Å². The van der Waals surface area contributed by atoms with Gasteiger partial charge in [-0.25, -0.2) is 9.37 Å². The minimum Gasteiger partial charge on any atom is -0.355 e. The summed E-state index contributed by atoms with van der Waals surface area (Å²) in [6.07, 6.45) is 3.95. The number of unbranched alkanes of at least 4 members (excludes halogenated alkanes) is 3. The molecule has 0 unspecified atom stereocenters. The van der Waals surface area contributed by atoms with Crippen LogP contribution in [0.1, 0.15) is 25.7 Å². The van der Waals surface area contributed by atoms with Crippen LogP contribution in [0.4, 0.5) is 4.39 Å². The standard InChI is InChI=1S/C22H25FN4O2S/c23-17-10-4-6-12-19(17)27-21(29)16-9-3-5-11-18(16)26-22(27)30-15-20(28)25-14-8-2-1-7-13-24/h3-6,9-12H,1-2,7-8,13-15,24H2,(H,25,28). The number of rotatable bonds is 10. The van der Waals surface area contributed by atoms with Crippen molar-refractivity contribution in [3.05, 3.63) is 64.7 Å². The van der Waals surface area contributed by atoms with Crippen LogP contribution in [0.3, 0.4) is 0 Å². The molecule has 1 aromatic heterocycles. The quantitative estimate of drug-likeness (QED) is 0.294. The maximum atomic E-state index is 14.4. The van der Waals surface area contributed by atoms with E-state index in [1.54, 1.807) is 36.4 Å². The molecule has 3 aromatic rings. The van der Waals surface area contributed by atoms with Crippen molar-refractivity contribution >= 4 is 28.6 Å². The number of halogens is 1. The molecule has 0 radical (unpaired) electrons. The molecule has 8 heteroatoms. The molecule has 0 atom stereocenters. The fourth-order valence-electron chi connectivity index (χ4n) is 3.09. The zero-order chi connectivity index (χ0) is 21.3. The number of amides is 1. The number of carbonyl (C=O) groups excluding carboxylic acids is 1. The number of nitrogens with two attached hydrogens (primary N) is 1. The Morgan fingerprint density at radius 1 is 1.07 bits per heavy atom. The maximum absolute atomic E-state index is 14.4. The van der Waals surface area contributed by atoms with Crippen molar-refractivity contribution in [3.63, 3.8) is 0 Å². The highest BCUT2D eigenvalue weighted by Crippen LogP contribution is 2.22. The fourth-order valence-corrected chi connectivity index (χ4v) is 3.92. The van der Waals surface area contributed by atoms with E-state index in [9.17, 15) is 14.0 Å². The number of aromatic nitrogens is 2. The monoisotopic (exact) mass is 428 g/mol. The average molecular weight is 429 g/mol. The lowest BCUT2D eigenvalue weighted by molar-refractivity contribution is -0.118. The SMILES string of the molecule is NCCCCCCNC(=O)CSc1nc2ccccc2c(=O)n1-c1ccccc1F. The van der Waals surface area contributed by atoms with Crippen molar-refractivity contribution in [2.45, 2.75) is 30.8 Å². The first kappa shape index (κ1) is 22.0. The first-order chi connectivity index (χ1) is 14.6. The van der Waals surface area contributed by atoms with Crippen LogP contribution in [0.15, 0.2) is 58.5 Å². The number of benzene rings is 2. The molecular weight excluding hydrogens is 403 g/mol. The second kappa shape index (κ2) is 10.9. The van der Waals surface area contributed by atoms with E-state index in [4.69, 9.17) is 5.73 Å². The molecule has 3 rings (SSSR count). The molecule has 30 heavy (non-hydrogen) atoms. The van der Waals surface area contributed by atoms with Gasteiger partial charge < -0.3 is 11.1 Å². The Labute approximate surface area is 178 Å². The molecule has 0 aliphatic rings. The average Bonchev–Trinajstić information content (AvgIpc) is 2.76. The van der Waals surface area contributed by atoms with E-state index in [-0.39, 0.29) is 28.1 Å². The lowest BCUT2D eigenvalue weighted by Crippen LogP contribution is -2.27. The Morgan fingerprint density at radius 3 is 2.60 bits per heavy atom. The lowest BCUT2D eigenvalue weighted by Gasteiger charge is -2.13. The summed E-state index contributed by atoms with van der Waals surface area (Å²) in [5.74, 6) is -0.594. The molecule has 0 bridgehead atoms. The Hall–Kier alpha value is -2.71. The predicted octanol–water partition coefficient (Wildman–Crippen LogP) is 3.25. The van der Waals surface area contributed by atoms with Gasteiger partial charge in [0.2, 0.25) is 5.91 Å². The Kier molecular flexibility index (Phi) is 7.98. The Balaban J connectivity index is 1.78. The summed E-state index contributed by atoms with van der Waals surface area (Å²) in [6.45, 7) is 1.28. The van der Waals surface area contributed by atoms with Crippen molar-refractivity contribution in [1.82, 2.24) is 14.9 Å². The van der Waals surface area contributed by atoms with Gasteiger partial charge in [-0.2, -0.15) is 0 Å². The summed E-state index contributed by atoms with van der Waals surface area (Å²) in [5.41, 5.74) is 5.73. The number of para-hydroxylation sites is 2. The van der Waals surface area contributed by atoms with E-state index in [1.165, 1.54) is 16.7 Å². The van der Waals surface area contributed by atoms with Gasteiger partial charge in [-0.1, -0.05) is 48.9 Å². The van der Waals surface area contributed by atoms with Crippen LogP contribution in [-0.2, 0) is 4.79 Å². The number of hydrogen-bond acceptors (Lipinski definition) is 5. The van der Waals surface area contributed by atoms with Crippen LogP contribution < -0.4 is 16.6 Å². The van der Waals surface area contributed by atoms with Crippen LogP contribution in [0.25, 0.3) is 16.6 Å². The van der Waals surface area contributed by atoms with Gasteiger partial charge in [-0.3, -0.25) is 14.2 Å². The molecule has 0 spiro atoms. The van der Waals surface area contributed by atoms with E-state index in [1.807, 2.05) is 0 Å². The molecule has 0 fully saturated rings. The van der Waals surface area contributed by atoms with Crippen LogP contribution >= 0.6 is 11.8 Å². The second-order valence-corrected chi connectivity index (χ2v) is 7.79. The lowest BCUT2D eigenvalue weighted by atomic mass is 10.2. The highest BCUT2D eigenvalue weighted by atomic mass is 32.2. The highest BCUT2D eigenvalue weighted by Gasteiger charge is 2.16. The molecule has 158 valence electrons. The maximum Gasteiger partial charge on any atom is 0.266 e. The minimum atomic E-state index is -0.527. The molecule has 2 aromatic carbocycles. The van der Waals surface area contributed by atoms with Gasteiger partial charge in [0, 0.05) is 6.54 Å². The number of nitrogens with one attached hydrogen (secondary N) is 1. The van der Waals surface area contributed by atoms with Crippen LogP contribution in [0, 0.1) is 5.82 Å². The third-order valence-electron chi connectivity index (χ3n) is 4.62. The van der Waals surface area contributed by atoms with Gasteiger partial charge >= 0.3 is 0 Å². The molecule has 0 aliphatic heterocycles. The number of carbonyl (C=O) groups is 1. The third-order valence-corrected chi connectivity index (χ3v) is 5.56. The van der Waals surface area contributed by atoms with Crippen molar-refractivity contribution in [2.24, 2.45) is 5.73 Å². The zero-order valence-corrected chi connectivity index (χ0v) is 17.5. The zero-order valence-electron chi connectivity index (χ0n) is 16.6. The van der Waals surface area contributed by atoms with E-state index in [0.29, 0.717) is 24.0 Å². The third kappa shape index (κ3) is 5.46. The summed E-state index contributed by atoms with van der Waals surface area (Å²) < 4.78 is 15.7.